The Bertz CT molecular complexity index is 828. The van der Waals surface area contributed by atoms with Gasteiger partial charge in [0.15, 0.2) is 0 Å². The Labute approximate surface area is 172 Å². The van der Waals surface area contributed by atoms with Gasteiger partial charge in [-0.1, -0.05) is 50.8 Å². The fourth-order valence-corrected chi connectivity index (χ4v) is 3.56. The molecule has 2 aromatic rings. The molecule has 0 saturated heterocycles. The highest BCUT2D eigenvalue weighted by atomic mass is 16.5. The van der Waals surface area contributed by atoms with E-state index in [1.54, 1.807) is 30.3 Å². The van der Waals surface area contributed by atoms with Crippen LogP contribution in [0.1, 0.15) is 72.6 Å². The lowest BCUT2D eigenvalue weighted by Crippen LogP contribution is -2.36. The summed E-state index contributed by atoms with van der Waals surface area (Å²) in [5.41, 5.74) is 1.51. The lowest BCUT2D eigenvalue weighted by molar-refractivity contribution is 0.0928. The molecule has 0 radical (unpaired) electrons. The molecule has 0 unspecified atom stereocenters. The zero-order valence-corrected chi connectivity index (χ0v) is 17.1. The molecule has 0 atom stereocenters. The molecule has 1 saturated carbocycles. The fourth-order valence-electron chi connectivity index (χ4n) is 3.56. The van der Waals surface area contributed by atoms with Gasteiger partial charge in [-0.25, -0.2) is 0 Å². The maximum absolute atomic E-state index is 12.8. The maximum Gasteiger partial charge on any atom is 0.255 e. The lowest BCUT2D eigenvalue weighted by atomic mass is 9.95. The van der Waals surface area contributed by atoms with Crippen LogP contribution >= 0.6 is 0 Å². The predicted octanol–water partition coefficient (Wildman–Crippen LogP) is 5.18. The number of ether oxygens (including phenoxy) is 1. The highest BCUT2D eigenvalue weighted by Gasteiger charge is 2.19. The van der Waals surface area contributed by atoms with Gasteiger partial charge in [-0.2, -0.15) is 0 Å². The summed E-state index contributed by atoms with van der Waals surface area (Å²) in [6.45, 7) is 2.74. The van der Waals surface area contributed by atoms with E-state index in [1.165, 1.54) is 6.42 Å². The number of rotatable bonds is 8. The summed E-state index contributed by atoms with van der Waals surface area (Å²) >= 11 is 0. The third kappa shape index (κ3) is 6.08. The van der Waals surface area contributed by atoms with E-state index in [0.717, 1.165) is 38.5 Å². The van der Waals surface area contributed by atoms with Crippen LogP contribution in [0.5, 0.6) is 5.75 Å². The highest BCUT2D eigenvalue weighted by Crippen LogP contribution is 2.21. The predicted molar refractivity (Wildman–Crippen MR) is 116 cm³/mol. The highest BCUT2D eigenvalue weighted by molar-refractivity contribution is 6.09. The molecule has 5 nitrogen and oxygen atoms in total. The number of nitrogens with one attached hydrogen (secondary N) is 2. The van der Waals surface area contributed by atoms with E-state index >= 15 is 0 Å². The zero-order chi connectivity index (χ0) is 20.5. The van der Waals surface area contributed by atoms with E-state index in [-0.39, 0.29) is 17.9 Å². The van der Waals surface area contributed by atoms with Crippen molar-refractivity contribution < 1.29 is 14.3 Å². The third-order valence-corrected chi connectivity index (χ3v) is 5.22. The van der Waals surface area contributed by atoms with Gasteiger partial charge in [-0.3, -0.25) is 9.59 Å². The number of amides is 2. The first-order valence-corrected chi connectivity index (χ1v) is 10.6. The van der Waals surface area contributed by atoms with Gasteiger partial charge in [0.25, 0.3) is 11.8 Å². The molecule has 154 valence electrons. The van der Waals surface area contributed by atoms with Crippen LogP contribution in [0.25, 0.3) is 0 Å². The van der Waals surface area contributed by atoms with Crippen LogP contribution < -0.4 is 15.4 Å². The molecule has 0 heterocycles. The van der Waals surface area contributed by atoms with Gasteiger partial charge < -0.3 is 15.4 Å². The standard InChI is InChI=1S/C24H30N2O3/c1-2-3-16-29-20-13-9-10-18(17-20)23(27)26-22-15-8-7-14-21(22)24(28)25-19-11-5-4-6-12-19/h7-10,13-15,17,19H,2-6,11-12,16H2,1H3,(H,25,28)(H,26,27). The summed E-state index contributed by atoms with van der Waals surface area (Å²) in [4.78, 5) is 25.5. The first kappa shape index (κ1) is 20.9. The monoisotopic (exact) mass is 394 g/mol. The zero-order valence-electron chi connectivity index (χ0n) is 17.1. The molecule has 5 heteroatoms. The van der Waals surface area contributed by atoms with Gasteiger partial charge >= 0.3 is 0 Å². The van der Waals surface area contributed by atoms with Gasteiger partial charge in [0.2, 0.25) is 0 Å². The van der Waals surface area contributed by atoms with Crippen molar-refractivity contribution in [1.29, 1.82) is 0 Å². The Morgan fingerprint density at radius 2 is 1.79 bits per heavy atom. The van der Waals surface area contributed by atoms with Crippen molar-refractivity contribution in [2.24, 2.45) is 0 Å². The molecule has 1 aliphatic rings. The minimum atomic E-state index is -0.260. The molecule has 2 amide bonds. The van der Waals surface area contributed by atoms with Crippen molar-refractivity contribution in [2.75, 3.05) is 11.9 Å². The molecule has 0 spiro atoms. The largest absolute Gasteiger partial charge is 0.494 e. The topological polar surface area (TPSA) is 67.4 Å². The normalized spacial score (nSPS) is 14.2. The van der Waals surface area contributed by atoms with E-state index < -0.39 is 0 Å². The first-order valence-electron chi connectivity index (χ1n) is 10.6. The average Bonchev–Trinajstić information content (AvgIpc) is 2.75. The molecule has 29 heavy (non-hydrogen) atoms. The summed E-state index contributed by atoms with van der Waals surface area (Å²) in [5, 5.41) is 6.00. The van der Waals surface area contributed by atoms with E-state index in [0.29, 0.717) is 29.2 Å². The molecular formula is C24H30N2O3. The van der Waals surface area contributed by atoms with E-state index in [4.69, 9.17) is 4.74 Å². The average molecular weight is 395 g/mol. The second-order valence-corrected chi connectivity index (χ2v) is 7.54. The second-order valence-electron chi connectivity index (χ2n) is 7.54. The summed E-state index contributed by atoms with van der Waals surface area (Å²) in [6, 6.07) is 14.5. The molecule has 1 aliphatic carbocycles. The van der Waals surface area contributed by atoms with Gasteiger partial charge in [0.05, 0.1) is 17.9 Å². The summed E-state index contributed by atoms with van der Waals surface area (Å²) < 4.78 is 5.69. The fraction of sp³-hybridized carbons (Fsp3) is 0.417. The molecule has 1 fully saturated rings. The third-order valence-electron chi connectivity index (χ3n) is 5.22. The molecular weight excluding hydrogens is 364 g/mol. The molecule has 3 rings (SSSR count). The quantitative estimate of drug-likeness (QED) is 0.606. The number of carbonyl (C=O) groups is 2. The van der Waals surface area contributed by atoms with Crippen molar-refractivity contribution in [1.82, 2.24) is 5.32 Å². The van der Waals surface area contributed by atoms with Crippen LogP contribution in [0.2, 0.25) is 0 Å². The van der Waals surface area contributed by atoms with Crippen molar-refractivity contribution in [3.05, 3.63) is 59.7 Å². The van der Waals surface area contributed by atoms with Crippen LogP contribution in [0.4, 0.5) is 5.69 Å². The molecule has 2 N–H and O–H groups in total. The van der Waals surface area contributed by atoms with Crippen molar-refractivity contribution in [2.45, 2.75) is 57.9 Å². The summed E-state index contributed by atoms with van der Waals surface area (Å²) in [6.07, 6.45) is 7.61. The molecule has 0 bridgehead atoms. The Morgan fingerprint density at radius 3 is 2.59 bits per heavy atom. The molecule has 2 aromatic carbocycles. The number of hydrogen-bond donors (Lipinski definition) is 2. The van der Waals surface area contributed by atoms with E-state index in [1.807, 2.05) is 18.2 Å². The van der Waals surface area contributed by atoms with E-state index in [2.05, 4.69) is 17.6 Å². The first-order chi connectivity index (χ1) is 14.2. The van der Waals surface area contributed by atoms with Crippen LogP contribution in [0, 0.1) is 0 Å². The smallest absolute Gasteiger partial charge is 0.255 e. The van der Waals surface area contributed by atoms with Crippen LogP contribution in [0.3, 0.4) is 0 Å². The number of unbranched alkanes of at least 4 members (excludes halogenated alkanes) is 1. The van der Waals surface area contributed by atoms with Crippen LogP contribution in [0.15, 0.2) is 48.5 Å². The summed E-state index contributed by atoms with van der Waals surface area (Å²) in [5.74, 6) is 0.280. The van der Waals surface area contributed by atoms with Gasteiger partial charge in [0, 0.05) is 11.6 Å². The van der Waals surface area contributed by atoms with Gasteiger partial charge in [-0.05, 0) is 49.6 Å². The number of para-hydroxylation sites is 1. The number of carbonyl (C=O) groups excluding carboxylic acids is 2. The molecule has 0 aliphatic heterocycles. The van der Waals surface area contributed by atoms with Gasteiger partial charge in [0.1, 0.15) is 5.75 Å². The minimum Gasteiger partial charge on any atom is -0.494 e. The van der Waals surface area contributed by atoms with Crippen molar-refractivity contribution in [3.8, 4) is 5.75 Å². The summed E-state index contributed by atoms with van der Waals surface area (Å²) in [7, 11) is 0. The second kappa shape index (κ2) is 10.6. The maximum atomic E-state index is 12.8. The SMILES string of the molecule is CCCCOc1cccc(C(=O)Nc2ccccc2C(=O)NC2CCCCC2)c1. The van der Waals surface area contributed by atoms with Crippen LogP contribution in [-0.4, -0.2) is 24.5 Å². The van der Waals surface area contributed by atoms with E-state index in [9.17, 15) is 9.59 Å². The van der Waals surface area contributed by atoms with Gasteiger partial charge in [-0.15, -0.1) is 0 Å². The Morgan fingerprint density at radius 1 is 1.00 bits per heavy atom. The van der Waals surface area contributed by atoms with Crippen LogP contribution in [-0.2, 0) is 0 Å². The lowest BCUT2D eigenvalue weighted by Gasteiger charge is -2.23. The van der Waals surface area contributed by atoms with Crippen molar-refractivity contribution in [3.63, 3.8) is 0 Å². The Kier molecular flexibility index (Phi) is 7.68. The number of anilines is 1. The van der Waals surface area contributed by atoms with Crippen molar-refractivity contribution >= 4 is 17.5 Å². The minimum absolute atomic E-state index is 0.135. The molecule has 0 aromatic heterocycles. The number of benzene rings is 2. The Balaban J connectivity index is 1.67. The Hall–Kier alpha value is -2.82. The number of hydrogen-bond acceptors (Lipinski definition) is 3.